The van der Waals surface area contributed by atoms with Crippen molar-refractivity contribution in [3.63, 3.8) is 0 Å². The van der Waals surface area contributed by atoms with Gasteiger partial charge >= 0.3 is 0 Å². The van der Waals surface area contributed by atoms with Gasteiger partial charge in [0.25, 0.3) is 0 Å². The number of anilines is 3. The van der Waals surface area contributed by atoms with Crippen molar-refractivity contribution in [3.8, 4) is 5.75 Å². The molecule has 6 nitrogen and oxygen atoms in total. The molecular weight excluding hydrogens is 490 g/mol. The van der Waals surface area contributed by atoms with Gasteiger partial charge in [-0.25, -0.2) is 0 Å². The molecule has 0 radical (unpaired) electrons. The number of ketones is 1. The Bertz CT molecular complexity index is 1220. The Kier molecular flexibility index (Phi) is 8.92. The van der Waals surface area contributed by atoms with Crippen molar-refractivity contribution >= 4 is 69.4 Å². The third-order valence-electron chi connectivity index (χ3n) is 4.77. The largest absolute Gasteiger partial charge is 0.495 e. The highest BCUT2D eigenvalue weighted by Gasteiger charge is 2.11. The van der Waals surface area contributed by atoms with Gasteiger partial charge in [0.15, 0.2) is 10.9 Å². The quantitative estimate of drug-likeness (QED) is 0.183. The molecule has 9 heteroatoms. The first-order chi connectivity index (χ1) is 16.2. The molecule has 0 aliphatic carbocycles. The van der Waals surface area contributed by atoms with E-state index in [1.54, 1.807) is 36.4 Å². The molecule has 0 spiro atoms. The van der Waals surface area contributed by atoms with Gasteiger partial charge in [-0.1, -0.05) is 17.7 Å². The van der Waals surface area contributed by atoms with Gasteiger partial charge in [-0.05, 0) is 80.2 Å². The number of nitrogens with one attached hydrogen (secondary N) is 3. The molecule has 0 saturated carbocycles. The Morgan fingerprint density at radius 1 is 1.00 bits per heavy atom. The van der Waals surface area contributed by atoms with E-state index in [9.17, 15) is 9.59 Å². The highest BCUT2D eigenvalue weighted by Crippen LogP contribution is 2.31. The average Bonchev–Trinajstić information content (AvgIpc) is 2.80. The number of carbonyl (C=O) groups is 2. The summed E-state index contributed by atoms with van der Waals surface area (Å²) in [4.78, 5) is 24.8. The number of halogens is 1. The predicted molar refractivity (Wildman–Crippen MR) is 145 cm³/mol. The molecule has 3 aromatic rings. The third kappa shape index (κ3) is 7.21. The topological polar surface area (TPSA) is 79.5 Å². The van der Waals surface area contributed by atoms with Crippen LogP contribution in [0.1, 0.15) is 22.8 Å². The molecule has 3 N–H and O–H groups in total. The van der Waals surface area contributed by atoms with Crippen LogP contribution in [-0.4, -0.2) is 29.7 Å². The number of aryl methyl sites for hydroxylation is 1. The summed E-state index contributed by atoms with van der Waals surface area (Å²) in [5.74, 6) is 0.587. The first-order valence-electron chi connectivity index (χ1n) is 10.3. The lowest BCUT2D eigenvalue weighted by Crippen LogP contribution is -2.19. The Morgan fingerprint density at radius 2 is 1.71 bits per heavy atom. The monoisotopic (exact) mass is 513 g/mol. The van der Waals surface area contributed by atoms with Gasteiger partial charge in [-0.2, -0.15) is 0 Å². The summed E-state index contributed by atoms with van der Waals surface area (Å²) in [6.07, 6.45) is 0. The molecule has 1 amide bonds. The zero-order valence-electron chi connectivity index (χ0n) is 18.9. The van der Waals surface area contributed by atoms with E-state index in [4.69, 9.17) is 28.6 Å². The van der Waals surface area contributed by atoms with Gasteiger partial charge in [-0.15, -0.1) is 11.8 Å². The lowest BCUT2D eigenvalue weighted by atomic mass is 10.1. The highest BCUT2D eigenvalue weighted by atomic mass is 35.5. The van der Waals surface area contributed by atoms with Crippen LogP contribution in [0.3, 0.4) is 0 Å². The molecule has 0 atom stereocenters. The number of benzene rings is 3. The number of amides is 1. The van der Waals surface area contributed by atoms with Crippen molar-refractivity contribution in [1.82, 2.24) is 0 Å². The summed E-state index contributed by atoms with van der Waals surface area (Å²) in [5, 5.41) is 10.1. The molecule has 0 aliphatic heterocycles. The normalized spacial score (nSPS) is 10.4. The van der Waals surface area contributed by atoms with Crippen LogP contribution in [0.5, 0.6) is 5.75 Å². The minimum atomic E-state index is -0.158. The summed E-state index contributed by atoms with van der Waals surface area (Å²) in [6, 6.07) is 18.2. The number of ether oxygens (including phenoxy) is 1. The SMILES string of the molecule is COc1cc(Cl)c(C)cc1NC(=O)CSc1cccc(NC(=S)Nc2ccc(C(C)=O)cc2)c1. The summed E-state index contributed by atoms with van der Waals surface area (Å²) in [5.41, 5.74) is 3.64. The number of thiocarbonyl (C=S) groups is 1. The van der Waals surface area contributed by atoms with E-state index >= 15 is 0 Å². The van der Waals surface area contributed by atoms with Crippen molar-refractivity contribution in [2.45, 2.75) is 18.7 Å². The van der Waals surface area contributed by atoms with Crippen LogP contribution in [-0.2, 0) is 4.79 Å². The first kappa shape index (κ1) is 25.6. The molecule has 176 valence electrons. The molecule has 3 aromatic carbocycles. The molecule has 0 unspecified atom stereocenters. The van der Waals surface area contributed by atoms with Gasteiger partial charge in [0.1, 0.15) is 5.75 Å². The van der Waals surface area contributed by atoms with Crippen molar-refractivity contribution in [3.05, 3.63) is 76.8 Å². The van der Waals surface area contributed by atoms with Crippen LogP contribution in [0.25, 0.3) is 0 Å². The smallest absolute Gasteiger partial charge is 0.234 e. The van der Waals surface area contributed by atoms with Crippen LogP contribution in [0.4, 0.5) is 17.1 Å². The summed E-state index contributed by atoms with van der Waals surface area (Å²) < 4.78 is 5.31. The van der Waals surface area contributed by atoms with Crippen molar-refractivity contribution in [2.24, 2.45) is 0 Å². The van der Waals surface area contributed by atoms with Gasteiger partial charge in [-0.3, -0.25) is 9.59 Å². The maximum atomic E-state index is 12.5. The number of carbonyl (C=O) groups excluding carboxylic acids is 2. The number of thioether (sulfide) groups is 1. The second-order valence-electron chi connectivity index (χ2n) is 7.38. The fourth-order valence-electron chi connectivity index (χ4n) is 3.01. The fourth-order valence-corrected chi connectivity index (χ4v) is 4.15. The van der Waals surface area contributed by atoms with Gasteiger partial charge in [0.2, 0.25) is 5.91 Å². The Balaban J connectivity index is 1.55. The maximum absolute atomic E-state index is 12.5. The van der Waals surface area contributed by atoms with E-state index < -0.39 is 0 Å². The van der Waals surface area contributed by atoms with Crippen molar-refractivity contribution < 1.29 is 14.3 Å². The molecule has 34 heavy (non-hydrogen) atoms. The zero-order chi connectivity index (χ0) is 24.7. The first-order valence-corrected chi connectivity index (χ1v) is 12.1. The van der Waals surface area contributed by atoms with E-state index in [2.05, 4.69) is 16.0 Å². The number of Topliss-reactive ketones (excluding diaryl/α,β-unsaturated/α-hetero) is 1. The second kappa shape index (κ2) is 11.9. The summed E-state index contributed by atoms with van der Waals surface area (Å²) in [6.45, 7) is 3.39. The summed E-state index contributed by atoms with van der Waals surface area (Å²) in [7, 11) is 1.53. The van der Waals surface area contributed by atoms with E-state index in [0.717, 1.165) is 21.8 Å². The number of rotatable bonds is 8. The molecule has 0 bridgehead atoms. The molecule has 0 aromatic heterocycles. The summed E-state index contributed by atoms with van der Waals surface area (Å²) >= 11 is 12.9. The lowest BCUT2D eigenvalue weighted by molar-refractivity contribution is -0.113. The minimum absolute atomic E-state index is 0.0117. The average molecular weight is 514 g/mol. The van der Waals surface area contributed by atoms with Gasteiger partial charge in [0.05, 0.1) is 18.6 Å². The fraction of sp³-hybridized carbons (Fsp3) is 0.160. The lowest BCUT2D eigenvalue weighted by Gasteiger charge is -2.13. The molecular formula is C25H24ClN3O3S2. The molecule has 0 fully saturated rings. The Hall–Kier alpha value is -3.07. The Labute approximate surface area is 213 Å². The van der Waals surface area contributed by atoms with E-state index in [1.807, 2.05) is 31.2 Å². The van der Waals surface area contributed by atoms with Crippen LogP contribution in [0, 0.1) is 6.92 Å². The minimum Gasteiger partial charge on any atom is -0.495 e. The van der Waals surface area contributed by atoms with Crippen molar-refractivity contribution in [2.75, 3.05) is 28.8 Å². The highest BCUT2D eigenvalue weighted by molar-refractivity contribution is 8.00. The number of methoxy groups -OCH3 is 1. The molecule has 0 saturated heterocycles. The molecule has 3 rings (SSSR count). The molecule has 0 heterocycles. The molecule has 0 aliphatic rings. The van der Waals surface area contributed by atoms with Gasteiger partial charge in [0, 0.05) is 32.9 Å². The second-order valence-corrected chi connectivity index (χ2v) is 9.24. The third-order valence-corrected chi connectivity index (χ3v) is 6.37. The number of hydrogen-bond donors (Lipinski definition) is 3. The maximum Gasteiger partial charge on any atom is 0.234 e. The van der Waals surface area contributed by atoms with Crippen LogP contribution < -0.4 is 20.7 Å². The van der Waals surface area contributed by atoms with Gasteiger partial charge < -0.3 is 20.7 Å². The van der Waals surface area contributed by atoms with Crippen molar-refractivity contribution in [1.29, 1.82) is 0 Å². The predicted octanol–water partition coefficient (Wildman–Crippen LogP) is 6.40. The Morgan fingerprint density at radius 3 is 2.38 bits per heavy atom. The van der Waals surface area contributed by atoms with E-state index in [0.29, 0.717) is 27.1 Å². The van der Waals surface area contributed by atoms with Crippen LogP contribution in [0.15, 0.2) is 65.6 Å². The number of hydrogen-bond acceptors (Lipinski definition) is 5. The van der Waals surface area contributed by atoms with Crippen LogP contribution in [0.2, 0.25) is 5.02 Å². The standard InChI is InChI=1S/C25H24ClN3O3S2/c1-15-11-22(23(32-3)13-21(15)26)29-24(31)14-34-20-6-4-5-19(12-20)28-25(33)27-18-9-7-17(8-10-18)16(2)30/h4-13H,14H2,1-3H3,(H,29,31)(H2,27,28,33). The van der Waals surface area contributed by atoms with Crippen LogP contribution >= 0.6 is 35.6 Å². The van der Waals surface area contributed by atoms with E-state index in [-0.39, 0.29) is 17.4 Å². The zero-order valence-corrected chi connectivity index (χ0v) is 21.3. The van der Waals surface area contributed by atoms with E-state index in [1.165, 1.54) is 25.8 Å².